The van der Waals surface area contributed by atoms with Crippen molar-refractivity contribution in [2.24, 2.45) is 4.99 Å². The lowest BCUT2D eigenvalue weighted by Crippen LogP contribution is -2.29. The number of thioether (sulfide) groups is 1. The molecule has 0 aliphatic carbocycles. The molecule has 1 aliphatic rings. The van der Waals surface area contributed by atoms with Crippen LogP contribution in [-0.4, -0.2) is 34.1 Å². The summed E-state index contributed by atoms with van der Waals surface area (Å²) in [5.41, 5.74) is 0.932. The largest absolute Gasteiger partial charge is 0.494 e. The highest BCUT2D eigenvalue weighted by Gasteiger charge is 2.32. The van der Waals surface area contributed by atoms with Gasteiger partial charge in [-0.3, -0.25) is 9.69 Å². The third-order valence-corrected chi connectivity index (χ3v) is 4.55. The fraction of sp³-hybridized carbons (Fsp3) is 0.150. The van der Waals surface area contributed by atoms with Crippen molar-refractivity contribution in [2.75, 3.05) is 13.2 Å². The van der Waals surface area contributed by atoms with Crippen LogP contribution in [0.3, 0.4) is 0 Å². The fourth-order valence-electron chi connectivity index (χ4n) is 2.38. The second kappa shape index (κ2) is 8.49. The number of hydrogen-bond acceptors (Lipinski definition) is 5. The summed E-state index contributed by atoms with van der Waals surface area (Å²) in [6.07, 6.45) is 5.22. The van der Waals surface area contributed by atoms with Gasteiger partial charge in [0.1, 0.15) is 5.75 Å². The van der Waals surface area contributed by atoms with Crippen LogP contribution < -0.4 is 4.74 Å². The molecule has 1 aliphatic heterocycles. The molecule has 5 nitrogen and oxygen atoms in total. The minimum Gasteiger partial charge on any atom is -0.494 e. The number of nitrogens with zero attached hydrogens (tertiary/aromatic N) is 3. The van der Waals surface area contributed by atoms with E-state index in [1.54, 1.807) is 23.2 Å². The molecule has 1 fully saturated rings. The van der Waals surface area contributed by atoms with E-state index in [2.05, 4.69) is 16.6 Å². The van der Waals surface area contributed by atoms with E-state index in [0.717, 1.165) is 11.3 Å². The lowest BCUT2D eigenvalue weighted by molar-refractivity contribution is -0.121. The molecule has 2 aromatic rings. The molecule has 1 saturated heterocycles. The first-order chi connectivity index (χ1) is 12.7. The summed E-state index contributed by atoms with van der Waals surface area (Å²) in [7, 11) is 0. The third kappa shape index (κ3) is 4.21. The van der Waals surface area contributed by atoms with Gasteiger partial charge in [-0.15, -0.1) is 6.58 Å². The first-order valence-electron chi connectivity index (χ1n) is 8.26. The quantitative estimate of drug-likeness (QED) is 0.567. The van der Waals surface area contributed by atoms with Crippen LogP contribution in [0.25, 0.3) is 6.08 Å². The average Bonchev–Trinajstić information content (AvgIpc) is 2.94. The maximum atomic E-state index is 12.7. The molecule has 0 unspecified atom stereocenters. The lowest BCUT2D eigenvalue weighted by atomic mass is 10.2. The number of carbonyl (C=O) groups excluding carboxylic acids is 1. The number of aliphatic imine (C=N–C) groups is 1. The van der Waals surface area contributed by atoms with Crippen molar-refractivity contribution in [3.05, 3.63) is 71.8 Å². The molecule has 26 heavy (non-hydrogen) atoms. The Morgan fingerprint density at radius 3 is 2.73 bits per heavy atom. The normalized spacial score (nSPS) is 17.1. The summed E-state index contributed by atoms with van der Waals surface area (Å²) in [4.78, 5) is 23.7. The number of hydrogen-bond donors (Lipinski definition) is 0. The van der Waals surface area contributed by atoms with Crippen LogP contribution in [0.1, 0.15) is 12.5 Å². The van der Waals surface area contributed by atoms with Gasteiger partial charge in [0.15, 0.2) is 11.0 Å². The summed E-state index contributed by atoms with van der Waals surface area (Å²) >= 11 is 1.34. The number of rotatable bonds is 6. The van der Waals surface area contributed by atoms with Crippen molar-refractivity contribution in [1.82, 2.24) is 9.88 Å². The smallest absolute Gasteiger partial charge is 0.267 e. The molecule has 0 spiro atoms. The Kier molecular flexibility index (Phi) is 5.86. The molecular weight excluding hydrogens is 346 g/mol. The summed E-state index contributed by atoms with van der Waals surface area (Å²) in [5, 5.41) is 0.603. The van der Waals surface area contributed by atoms with Crippen LogP contribution in [-0.2, 0) is 4.79 Å². The maximum Gasteiger partial charge on any atom is 0.267 e. The molecule has 0 saturated carbocycles. The highest BCUT2D eigenvalue weighted by Crippen LogP contribution is 2.33. The monoisotopic (exact) mass is 365 g/mol. The molecule has 0 bridgehead atoms. The minimum absolute atomic E-state index is 0.0848. The Hall–Kier alpha value is -2.86. The predicted molar refractivity (Wildman–Crippen MR) is 106 cm³/mol. The first kappa shape index (κ1) is 17.9. The van der Waals surface area contributed by atoms with Crippen LogP contribution in [0, 0.1) is 0 Å². The topological polar surface area (TPSA) is 54.8 Å². The summed E-state index contributed by atoms with van der Waals surface area (Å²) in [5.74, 6) is 1.29. The van der Waals surface area contributed by atoms with E-state index in [0.29, 0.717) is 29.0 Å². The zero-order valence-electron chi connectivity index (χ0n) is 14.5. The van der Waals surface area contributed by atoms with E-state index in [1.807, 2.05) is 49.4 Å². The lowest BCUT2D eigenvalue weighted by Gasteiger charge is -2.12. The number of carbonyl (C=O) groups is 1. The number of benzene rings is 1. The van der Waals surface area contributed by atoms with Gasteiger partial charge in [-0.1, -0.05) is 24.3 Å². The third-order valence-electron chi connectivity index (χ3n) is 3.55. The van der Waals surface area contributed by atoms with Gasteiger partial charge in [-0.2, -0.15) is 0 Å². The Morgan fingerprint density at radius 2 is 2.08 bits per heavy atom. The van der Waals surface area contributed by atoms with E-state index in [-0.39, 0.29) is 5.91 Å². The molecule has 2 heterocycles. The molecule has 132 valence electrons. The van der Waals surface area contributed by atoms with Crippen molar-refractivity contribution in [3.8, 4) is 5.75 Å². The van der Waals surface area contributed by atoms with E-state index in [1.165, 1.54) is 11.8 Å². The molecule has 1 aromatic heterocycles. The maximum absolute atomic E-state index is 12.7. The van der Waals surface area contributed by atoms with Crippen LogP contribution in [0.2, 0.25) is 0 Å². The molecule has 6 heteroatoms. The SMILES string of the molecule is C=CCN1C(=O)/C(=C/c2ccc(OCC)cc2)S/C1=N/c1ccccn1. The summed E-state index contributed by atoms with van der Waals surface area (Å²) in [6, 6.07) is 13.1. The van der Waals surface area contributed by atoms with Gasteiger partial charge in [0.2, 0.25) is 0 Å². The zero-order chi connectivity index (χ0) is 18.4. The van der Waals surface area contributed by atoms with Crippen molar-refractivity contribution in [3.63, 3.8) is 0 Å². The van der Waals surface area contributed by atoms with Crippen LogP contribution in [0.4, 0.5) is 5.82 Å². The van der Waals surface area contributed by atoms with Crippen LogP contribution >= 0.6 is 11.8 Å². The number of pyridine rings is 1. The molecule has 1 amide bonds. The van der Waals surface area contributed by atoms with E-state index >= 15 is 0 Å². The van der Waals surface area contributed by atoms with E-state index < -0.39 is 0 Å². The molecule has 0 radical (unpaired) electrons. The molecular formula is C20H19N3O2S. The Morgan fingerprint density at radius 1 is 1.27 bits per heavy atom. The standard InChI is InChI=1S/C20H19N3O2S/c1-3-13-23-19(24)17(14-15-8-10-16(11-9-15)25-4-2)26-20(23)22-18-7-5-6-12-21-18/h3,5-12,14H,1,4,13H2,2H3/b17-14-,22-20+. The number of amides is 1. The summed E-state index contributed by atoms with van der Waals surface area (Å²) < 4.78 is 5.45. The number of aromatic nitrogens is 1. The second-order valence-corrected chi connectivity index (χ2v) is 6.41. The predicted octanol–water partition coefficient (Wildman–Crippen LogP) is 4.27. The van der Waals surface area contributed by atoms with Gasteiger partial charge in [0, 0.05) is 12.7 Å². The molecule has 1 aromatic carbocycles. The molecule has 3 rings (SSSR count). The van der Waals surface area contributed by atoms with Crippen molar-refractivity contribution >= 4 is 34.7 Å². The van der Waals surface area contributed by atoms with E-state index in [9.17, 15) is 4.79 Å². The van der Waals surface area contributed by atoms with E-state index in [4.69, 9.17) is 4.74 Å². The van der Waals surface area contributed by atoms with Gasteiger partial charge < -0.3 is 4.74 Å². The fourth-order valence-corrected chi connectivity index (χ4v) is 3.37. The van der Waals surface area contributed by atoms with Crippen LogP contribution in [0.5, 0.6) is 5.75 Å². The van der Waals surface area contributed by atoms with Crippen molar-refractivity contribution in [2.45, 2.75) is 6.92 Å². The van der Waals surface area contributed by atoms with Gasteiger partial charge in [-0.05, 0) is 54.6 Å². The average molecular weight is 365 g/mol. The Labute approximate surface area is 157 Å². The second-order valence-electron chi connectivity index (χ2n) is 5.40. The number of amidine groups is 1. The van der Waals surface area contributed by atoms with Gasteiger partial charge in [0.05, 0.1) is 11.5 Å². The Bertz CT molecular complexity index is 845. The highest BCUT2D eigenvalue weighted by molar-refractivity contribution is 8.18. The van der Waals surface area contributed by atoms with Crippen molar-refractivity contribution in [1.29, 1.82) is 0 Å². The zero-order valence-corrected chi connectivity index (χ0v) is 15.3. The summed E-state index contributed by atoms with van der Waals surface area (Å²) in [6.45, 7) is 6.70. The Balaban J connectivity index is 1.87. The van der Waals surface area contributed by atoms with Crippen molar-refractivity contribution < 1.29 is 9.53 Å². The highest BCUT2D eigenvalue weighted by atomic mass is 32.2. The number of ether oxygens (including phenoxy) is 1. The van der Waals surface area contributed by atoms with Gasteiger partial charge in [0.25, 0.3) is 5.91 Å². The minimum atomic E-state index is -0.0848. The van der Waals surface area contributed by atoms with Gasteiger partial charge >= 0.3 is 0 Å². The van der Waals surface area contributed by atoms with Gasteiger partial charge in [-0.25, -0.2) is 9.98 Å². The molecule has 0 atom stereocenters. The molecule has 0 N–H and O–H groups in total. The first-order valence-corrected chi connectivity index (χ1v) is 9.08. The van der Waals surface area contributed by atoms with Crippen LogP contribution in [0.15, 0.2) is 71.2 Å².